The van der Waals surface area contributed by atoms with Gasteiger partial charge < -0.3 is 10.2 Å². The molecule has 2 aliphatic heterocycles. The first-order chi connectivity index (χ1) is 7.72. The van der Waals surface area contributed by atoms with Crippen LogP contribution in [0.1, 0.15) is 20.3 Å². The molecule has 1 amide bonds. The zero-order valence-electron chi connectivity index (χ0n) is 10.4. The summed E-state index contributed by atoms with van der Waals surface area (Å²) in [5.74, 6) is 1.01. The number of carbonyl (C=O) groups is 1. The molecule has 0 spiro atoms. The molecule has 0 radical (unpaired) electrons. The van der Waals surface area contributed by atoms with Crippen molar-refractivity contribution in [1.29, 1.82) is 0 Å². The van der Waals surface area contributed by atoms with Gasteiger partial charge in [-0.1, -0.05) is 13.3 Å². The summed E-state index contributed by atoms with van der Waals surface area (Å²) in [5.41, 5.74) is 0. The first-order valence-electron chi connectivity index (χ1n) is 6.42. The Morgan fingerprint density at radius 2 is 1.94 bits per heavy atom. The summed E-state index contributed by atoms with van der Waals surface area (Å²) in [6.07, 6.45) is 1.25. The lowest BCUT2D eigenvalue weighted by atomic mass is 9.99. The zero-order chi connectivity index (χ0) is 11.5. The van der Waals surface area contributed by atoms with Crippen LogP contribution in [-0.4, -0.2) is 61.0 Å². The molecule has 0 saturated carbocycles. The van der Waals surface area contributed by atoms with Crippen molar-refractivity contribution in [2.45, 2.75) is 26.3 Å². The Labute approximate surface area is 98.0 Å². The number of hydrogen-bond acceptors (Lipinski definition) is 3. The van der Waals surface area contributed by atoms with Crippen molar-refractivity contribution < 1.29 is 4.79 Å². The molecule has 2 atom stereocenters. The number of amides is 1. The van der Waals surface area contributed by atoms with Crippen LogP contribution < -0.4 is 5.32 Å². The molecule has 4 nitrogen and oxygen atoms in total. The second-order valence-electron chi connectivity index (χ2n) is 4.94. The summed E-state index contributed by atoms with van der Waals surface area (Å²) >= 11 is 0. The van der Waals surface area contributed by atoms with E-state index in [2.05, 4.69) is 17.1 Å². The Balaban J connectivity index is 1.86. The van der Waals surface area contributed by atoms with Gasteiger partial charge in [-0.2, -0.15) is 0 Å². The molecule has 2 heterocycles. The first kappa shape index (κ1) is 11.9. The number of nitrogens with one attached hydrogen (secondary N) is 1. The van der Waals surface area contributed by atoms with E-state index in [1.165, 1.54) is 6.42 Å². The zero-order valence-corrected chi connectivity index (χ0v) is 10.4. The highest BCUT2D eigenvalue weighted by Gasteiger charge is 2.32. The maximum absolute atomic E-state index is 11.2. The Kier molecular flexibility index (Phi) is 3.82. The smallest absolute Gasteiger partial charge is 0.219 e. The van der Waals surface area contributed by atoms with Crippen LogP contribution in [0.2, 0.25) is 0 Å². The lowest BCUT2D eigenvalue weighted by molar-refractivity contribution is -0.130. The molecule has 2 saturated heterocycles. The molecule has 2 aliphatic rings. The van der Waals surface area contributed by atoms with Crippen LogP contribution >= 0.6 is 0 Å². The molecule has 16 heavy (non-hydrogen) atoms. The summed E-state index contributed by atoms with van der Waals surface area (Å²) in [5, 5.41) is 3.48. The predicted octanol–water partition coefficient (Wildman–Crippen LogP) is 0.149. The van der Waals surface area contributed by atoms with Gasteiger partial charge in [0, 0.05) is 45.7 Å². The average Bonchev–Trinajstić information content (AvgIpc) is 2.77. The quantitative estimate of drug-likeness (QED) is 0.726. The molecule has 0 aliphatic carbocycles. The van der Waals surface area contributed by atoms with Crippen LogP contribution in [0.5, 0.6) is 0 Å². The number of hydrogen-bond donors (Lipinski definition) is 1. The van der Waals surface area contributed by atoms with Crippen LogP contribution in [0, 0.1) is 5.92 Å². The molecule has 2 rings (SSSR count). The highest BCUT2D eigenvalue weighted by molar-refractivity contribution is 5.73. The molecule has 0 aromatic rings. The van der Waals surface area contributed by atoms with Gasteiger partial charge in [0.1, 0.15) is 0 Å². The van der Waals surface area contributed by atoms with E-state index in [0.29, 0.717) is 6.04 Å². The molecular formula is C12H23N3O. The Morgan fingerprint density at radius 3 is 2.50 bits per heavy atom. The maximum atomic E-state index is 11.2. The Bertz CT molecular complexity index is 249. The van der Waals surface area contributed by atoms with Crippen molar-refractivity contribution >= 4 is 5.91 Å². The van der Waals surface area contributed by atoms with E-state index < -0.39 is 0 Å². The third kappa shape index (κ3) is 2.38. The maximum Gasteiger partial charge on any atom is 0.219 e. The highest BCUT2D eigenvalue weighted by Crippen LogP contribution is 2.20. The van der Waals surface area contributed by atoms with E-state index in [1.807, 2.05) is 4.90 Å². The minimum atomic E-state index is 0.219. The van der Waals surface area contributed by atoms with Crippen molar-refractivity contribution in [3.05, 3.63) is 0 Å². The summed E-state index contributed by atoms with van der Waals surface area (Å²) in [7, 11) is 0. The topological polar surface area (TPSA) is 35.6 Å². The summed E-state index contributed by atoms with van der Waals surface area (Å²) in [6.45, 7) is 10.1. The molecule has 4 heteroatoms. The summed E-state index contributed by atoms with van der Waals surface area (Å²) in [4.78, 5) is 15.8. The van der Waals surface area contributed by atoms with Gasteiger partial charge in [0.2, 0.25) is 5.91 Å². The van der Waals surface area contributed by atoms with Crippen molar-refractivity contribution in [2.75, 3.05) is 39.3 Å². The van der Waals surface area contributed by atoms with E-state index in [1.54, 1.807) is 6.92 Å². The van der Waals surface area contributed by atoms with E-state index >= 15 is 0 Å². The lowest BCUT2D eigenvalue weighted by Crippen LogP contribution is -2.53. The normalized spacial score (nSPS) is 32.0. The largest absolute Gasteiger partial charge is 0.340 e. The fourth-order valence-electron chi connectivity index (χ4n) is 2.93. The number of piperazine rings is 1. The van der Waals surface area contributed by atoms with Crippen molar-refractivity contribution in [2.24, 2.45) is 5.92 Å². The SMILES string of the molecule is CCC1CNCC1N1CCN(C(C)=O)CC1. The highest BCUT2D eigenvalue weighted by atomic mass is 16.2. The van der Waals surface area contributed by atoms with Crippen LogP contribution in [-0.2, 0) is 4.79 Å². The van der Waals surface area contributed by atoms with Gasteiger partial charge in [-0.15, -0.1) is 0 Å². The third-order valence-corrected chi connectivity index (χ3v) is 4.06. The number of nitrogens with zero attached hydrogens (tertiary/aromatic N) is 2. The fourth-order valence-corrected chi connectivity index (χ4v) is 2.93. The second-order valence-corrected chi connectivity index (χ2v) is 4.94. The van der Waals surface area contributed by atoms with Gasteiger partial charge in [-0.3, -0.25) is 9.69 Å². The monoisotopic (exact) mass is 225 g/mol. The van der Waals surface area contributed by atoms with E-state index in [9.17, 15) is 4.79 Å². The van der Waals surface area contributed by atoms with E-state index in [-0.39, 0.29) is 5.91 Å². The van der Waals surface area contributed by atoms with Crippen molar-refractivity contribution in [1.82, 2.24) is 15.1 Å². The molecular weight excluding hydrogens is 202 g/mol. The lowest BCUT2D eigenvalue weighted by Gasteiger charge is -2.39. The van der Waals surface area contributed by atoms with E-state index in [4.69, 9.17) is 0 Å². The van der Waals surface area contributed by atoms with Gasteiger partial charge in [-0.25, -0.2) is 0 Å². The fraction of sp³-hybridized carbons (Fsp3) is 0.917. The Morgan fingerprint density at radius 1 is 1.25 bits per heavy atom. The Hall–Kier alpha value is -0.610. The minimum absolute atomic E-state index is 0.219. The third-order valence-electron chi connectivity index (χ3n) is 4.06. The van der Waals surface area contributed by atoms with Gasteiger partial charge in [0.25, 0.3) is 0 Å². The molecule has 0 aromatic heterocycles. The number of carbonyl (C=O) groups excluding carboxylic acids is 1. The predicted molar refractivity (Wildman–Crippen MR) is 64.3 cm³/mol. The second kappa shape index (κ2) is 5.15. The van der Waals surface area contributed by atoms with E-state index in [0.717, 1.165) is 45.2 Å². The van der Waals surface area contributed by atoms with Gasteiger partial charge in [0.15, 0.2) is 0 Å². The van der Waals surface area contributed by atoms with Crippen LogP contribution in [0.3, 0.4) is 0 Å². The summed E-state index contributed by atoms with van der Waals surface area (Å²) < 4.78 is 0. The average molecular weight is 225 g/mol. The van der Waals surface area contributed by atoms with Crippen LogP contribution in [0.4, 0.5) is 0 Å². The van der Waals surface area contributed by atoms with Gasteiger partial charge in [-0.05, 0) is 12.5 Å². The molecule has 2 fully saturated rings. The number of rotatable bonds is 2. The molecule has 0 aromatic carbocycles. The molecule has 2 unspecified atom stereocenters. The molecule has 1 N–H and O–H groups in total. The molecule has 92 valence electrons. The van der Waals surface area contributed by atoms with Gasteiger partial charge in [0.05, 0.1) is 0 Å². The van der Waals surface area contributed by atoms with Crippen LogP contribution in [0.25, 0.3) is 0 Å². The summed E-state index contributed by atoms with van der Waals surface area (Å²) in [6, 6.07) is 0.694. The van der Waals surface area contributed by atoms with Crippen LogP contribution in [0.15, 0.2) is 0 Å². The standard InChI is InChI=1S/C12H23N3O/c1-3-11-8-13-9-12(11)15-6-4-14(5-7-15)10(2)16/h11-13H,3-9H2,1-2H3. The molecule has 0 bridgehead atoms. The van der Waals surface area contributed by atoms with Crippen molar-refractivity contribution in [3.8, 4) is 0 Å². The van der Waals surface area contributed by atoms with Gasteiger partial charge >= 0.3 is 0 Å². The minimum Gasteiger partial charge on any atom is -0.340 e. The van der Waals surface area contributed by atoms with Crippen molar-refractivity contribution in [3.63, 3.8) is 0 Å². The first-order valence-corrected chi connectivity index (χ1v) is 6.42.